The van der Waals surface area contributed by atoms with E-state index >= 15 is 0 Å². The predicted molar refractivity (Wildman–Crippen MR) is 51.1 cm³/mol. The molecule has 0 rings (SSSR count). The molecular weight excluding hydrogens is 246 g/mol. The van der Waals surface area contributed by atoms with E-state index in [0.717, 1.165) is 0 Å². The molecule has 0 saturated heterocycles. The Kier molecular flexibility index (Phi) is 4.36. The topological polar surface area (TPSA) is 80.4 Å². The number of primary amides is 1. The van der Waals surface area contributed by atoms with E-state index in [9.17, 15) is 9.00 Å². The molecular formula is C6H12BrNO3S. The van der Waals surface area contributed by atoms with Gasteiger partial charge in [-0.2, -0.15) is 0 Å². The first-order valence-electron chi connectivity index (χ1n) is 3.40. The molecule has 0 aromatic carbocycles. The summed E-state index contributed by atoms with van der Waals surface area (Å²) in [6.07, 6.45) is 0.242. The van der Waals surface area contributed by atoms with Gasteiger partial charge >= 0.3 is 0 Å². The standard InChI is InChI=1S/C6H12BrNO3S/c1-4(2)3-6(7,5(8)9)12(10)11/h4H,3H2,1-2H3,(H2,8,9)(H,10,11). The second kappa shape index (κ2) is 4.34. The second-order valence-corrected chi connectivity index (χ2v) is 6.01. The molecule has 0 spiro atoms. The summed E-state index contributed by atoms with van der Waals surface area (Å²) in [7, 11) is 0. The van der Waals surface area contributed by atoms with Crippen LogP contribution in [0.1, 0.15) is 20.3 Å². The van der Waals surface area contributed by atoms with Crippen molar-refractivity contribution < 1.29 is 13.6 Å². The minimum Gasteiger partial charge on any atom is -0.368 e. The van der Waals surface area contributed by atoms with Crippen LogP contribution in [-0.2, 0) is 15.9 Å². The van der Waals surface area contributed by atoms with Crippen molar-refractivity contribution >= 4 is 32.9 Å². The summed E-state index contributed by atoms with van der Waals surface area (Å²) in [5, 5.41) is 0. The summed E-state index contributed by atoms with van der Waals surface area (Å²) in [6, 6.07) is 0. The minimum absolute atomic E-state index is 0.118. The fraction of sp³-hybridized carbons (Fsp3) is 0.833. The Hall–Kier alpha value is 0.0600. The molecule has 2 unspecified atom stereocenters. The van der Waals surface area contributed by atoms with Gasteiger partial charge in [-0.25, -0.2) is 4.21 Å². The van der Waals surface area contributed by atoms with Crippen molar-refractivity contribution in [1.29, 1.82) is 0 Å². The fourth-order valence-electron chi connectivity index (χ4n) is 0.783. The van der Waals surface area contributed by atoms with Gasteiger partial charge in [0.2, 0.25) is 9.56 Å². The van der Waals surface area contributed by atoms with E-state index in [0.29, 0.717) is 0 Å². The zero-order chi connectivity index (χ0) is 9.94. The summed E-state index contributed by atoms with van der Waals surface area (Å²) in [6.45, 7) is 3.68. The van der Waals surface area contributed by atoms with Crippen molar-refractivity contribution in [1.82, 2.24) is 0 Å². The third-order valence-corrected chi connectivity index (χ3v) is 3.78. The molecule has 0 heterocycles. The Morgan fingerprint density at radius 1 is 1.75 bits per heavy atom. The third-order valence-electron chi connectivity index (χ3n) is 1.32. The van der Waals surface area contributed by atoms with Gasteiger partial charge < -0.3 is 10.3 Å². The van der Waals surface area contributed by atoms with Gasteiger partial charge in [-0.3, -0.25) is 4.79 Å². The Labute approximate surface area is 82.3 Å². The van der Waals surface area contributed by atoms with E-state index < -0.39 is 20.6 Å². The lowest BCUT2D eigenvalue weighted by Crippen LogP contribution is -2.42. The van der Waals surface area contributed by atoms with Crippen LogP contribution in [-0.4, -0.2) is 18.3 Å². The maximum Gasteiger partial charge on any atom is 0.249 e. The third kappa shape index (κ3) is 2.84. The van der Waals surface area contributed by atoms with Crippen molar-refractivity contribution in [2.45, 2.75) is 23.9 Å². The number of hydrogen-bond acceptors (Lipinski definition) is 2. The first-order valence-corrected chi connectivity index (χ1v) is 5.30. The largest absolute Gasteiger partial charge is 0.368 e. The highest BCUT2D eigenvalue weighted by Crippen LogP contribution is 2.29. The molecule has 0 aromatic rings. The van der Waals surface area contributed by atoms with Crippen LogP contribution in [0, 0.1) is 5.92 Å². The van der Waals surface area contributed by atoms with Gasteiger partial charge in [-0.1, -0.05) is 29.8 Å². The maximum absolute atomic E-state index is 10.8. The van der Waals surface area contributed by atoms with E-state index in [4.69, 9.17) is 10.3 Å². The highest BCUT2D eigenvalue weighted by Gasteiger charge is 2.40. The van der Waals surface area contributed by atoms with Gasteiger partial charge in [0.25, 0.3) is 0 Å². The van der Waals surface area contributed by atoms with Crippen LogP contribution in [0.2, 0.25) is 0 Å². The number of carbonyl (C=O) groups is 1. The number of carbonyl (C=O) groups excluding carboxylic acids is 1. The number of amides is 1. The Bertz CT molecular complexity index is 193. The van der Waals surface area contributed by atoms with Crippen molar-refractivity contribution in [3.63, 3.8) is 0 Å². The predicted octanol–water partition coefficient (Wildman–Crippen LogP) is 0.831. The molecule has 0 aliphatic carbocycles. The lowest BCUT2D eigenvalue weighted by atomic mass is 10.1. The Morgan fingerprint density at radius 2 is 2.17 bits per heavy atom. The quantitative estimate of drug-likeness (QED) is 0.579. The van der Waals surface area contributed by atoms with Gasteiger partial charge in [0.1, 0.15) is 0 Å². The van der Waals surface area contributed by atoms with Crippen molar-refractivity contribution in [2.75, 3.05) is 0 Å². The van der Waals surface area contributed by atoms with Gasteiger partial charge in [0.15, 0.2) is 11.1 Å². The van der Waals surface area contributed by atoms with E-state index in [1.165, 1.54) is 0 Å². The summed E-state index contributed by atoms with van der Waals surface area (Å²) < 4.78 is 18.1. The molecule has 0 aromatic heterocycles. The van der Waals surface area contributed by atoms with Gasteiger partial charge in [-0.15, -0.1) is 0 Å². The molecule has 6 heteroatoms. The summed E-state index contributed by atoms with van der Waals surface area (Å²) in [5.41, 5.74) is 4.98. The van der Waals surface area contributed by atoms with Crippen molar-refractivity contribution in [3.05, 3.63) is 0 Å². The molecule has 0 radical (unpaired) electrons. The van der Waals surface area contributed by atoms with E-state index in [2.05, 4.69) is 15.9 Å². The van der Waals surface area contributed by atoms with Crippen LogP contribution >= 0.6 is 15.9 Å². The van der Waals surface area contributed by atoms with Gasteiger partial charge in [0.05, 0.1) is 0 Å². The maximum atomic E-state index is 10.8. The zero-order valence-electron chi connectivity index (χ0n) is 6.91. The average Bonchev–Trinajstić information content (AvgIpc) is 1.84. The van der Waals surface area contributed by atoms with Gasteiger partial charge in [-0.05, 0) is 12.3 Å². The summed E-state index contributed by atoms with van der Waals surface area (Å²) in [5.74, 6) is -0.690. The summed E-state index contributed by atoms with van der Waals surface area (Å²) in [4.78, 5) is 10.8. The number of hydrogen-bond donors (Lipinski definition) is 2. The van der Waals surface area contributed by atoms with Crippen LogP contribution < -0.4 is 5.73 Å². The Balaban J connectivity index is 4.63. The highest BCUT2D eigenvalue weighted by molar-refractivity contribution is 9.11. The van der Waals surface area contributed by atoms with E-state index in [-0.39, 0.29) is 12.3 Å². The van der Waals surface area contributed by atoms with E-state index in [1.54, 1.807) is 0 Å². The van der Waals surface area contributed by atoms with Crippen LogP contribution in [0.3, 0.4) is 0 Å². The number of halogens is 1. The molecule has 4 nitrogen and oxygen atoms in total. The second-order valence-electron chi connectivity index (χ2n) is 2.94. The summed E-state index contributed by atoms with van der Waals surface area (Å²) >= 11 is 0.613. The smallest absolute Gasteiger partial charge is 0.249 e. The number of rotatable bonds is 4. The zero-order valence-corrected chi connectivity index (χ0v) is 9.31. The highest BCUT2D eigenvalue weighted by atomic mass is 79.9. The van der Waals surface area contributed by atoms with Crippen LogP contribution in [0.4, 0.5) is 0 Å². The van der Waals surface area contributed by atoms with Gasteiger partial charge in [0, 0.05) is 0 Å². The molecule has 0 aliphatic heterocycles. The molecule has 1 amide bonds. The minimum atomic E-state index is -2.28. The molecule has 2 atom stereocenters. The molecule has 0 bridgehead atoms. The molecule has 0 saturated carbocycles. The van der Waals surface area contributed by atoms with Crippen LogP contribution in [0.25, 0.3) is 0 Å². The normalized spacial score (nSPS) is 18.8. The van der Waals surface area contributed by atoms with Crippen molar-refractivity contribution in [3.8, 4) is 0 Å². The lowest BCUT2D eigenvalue weighted by Gasteiger charge is -2.21. The van der Waals surface area contributed by atoms with Crippen LogP contribution in [0.5, 0.6) is 0 Å². The molecule has 12 heavy (non-hydrogen) atoms. The number of nitrogens with two attached hydrogens (primary N) is 1. The average molecular weight is 258 g/mol. The molecule has 0 aliphatic rings. The first-order chi connectivity index (χ1) is 5.30. The molecule has 72 valence electrons. The Morgan fingerprint density at radius 3 is 2.25 bits per heavy atom. The molecule has 3 N–H and O–H groups in total. The van der Waals surface area contributed by atoms with E-state index in [1.807, 2.05) is 13.8 Å². The van der Waals surface area contributed by atoms with Crippen LogP contribution in [0.15, 0.2) is 0 Å². The fourth-order valence-corrected chi connectivity index (χ4v) is 2.08. The lowest BCUT2D eigenvalue weighted by molar-refractivity contribution is -0.118. The SMILES string of the molecule is CC(C)CC(Br)(C(N)=O)S(=O)O. The first kappa shape index (κ1) is 12.1. The monoisotopic (exact) mass is 257 g/mol. The molecule has 0 fully saturated rings. The number of alkyl halides is 1. The van der Waals surface area contributed by atoms with Crippen molar-refractivity contribution in [2.24, 2.45) is 11.7 Å².